The number of rotatable bonds is 2. The molecule has 0 saturated heterocycles. The summed E-state index contributed by atoms with van der Waals surface area (Å²) in [6.45, 7) is 0. The number of hydrogen-bond acceptors (Lipinski definition) is 2. The molecule has 92 valence electrons. The molecule has 0 saturated carbocycles. The van der Waals surface area contributed by atoms with Gasteiger partial charge in [-0.15, -0.1) is 0 Å². The maximum Gasteiger partial charge on any atom is 0.255 e. The van der Waals surface area contributed by atoms with E-state index in [9.17, 15) is 13.6 Å². The van der Waals surface area contributed by atoms with Crippen molar-refractivity contribution in [2.75, 3.05) is 5.32 Å². The van der Waals surface area contributed by atoms with E-state index in [1.807, 2.05) is 22.6 Å². The van der Waals surface area contributed by atoms with Crippen LogP contribution in [0.2, 0.25) is 0 Å². The highest BCUT2D eigenvalue weighted by Crippen LogP contribution is 2.19. The van der Waals surface area contributed by atoms with E-state index in [0.717, 1.165) is 6.07 Å². The van der Waals surface area contributed by atoms with E-state index >= 15 is 0 Å². The van der Waals surface area contributed by atoms with E-state index in [-0.39, 0.29) is 11.4 Å². The first-order chi connectivity index (χ1) is 8.56. The lowest BCUT2D eigenvalue weighted by molar-refractivity contribution is 0.102. The molecule has 2 rings (SSSR count). The van der Waals surface area contributed by atoms with Crippen molar-refractivity contribution in [1.29, 1.82) is 0 Å². The maximum absolute atomic E-state index is 12.9. The summed E-state index contributed by atoms with van der Waals surface area (Å²) in [5.74, 6) is -1.58. The maximum atomic E-state index is 12.9. The number of hydrogen-bond donors (Lipinski definition) is 1. The van der Waals surface area contributed by atoms with Crippen LogP contribution in [0.5, 0.6) is 0 Å². The molecule has 0 aliphatic rings. The summed E-state index contributed by atoms with van der Waals surface area (Å²) in [6.07, 6.45) is 1.21. The van der Waals surface area contributed by atoms with Crippen LogP contribution in [0.25, 0.3) is 0 Å². The molecular formula is C12H7F2IN2O. The van der Waals surface area contributed by atoms with Gasteiger partial charge in [0.05, 0.1) is 5.69 Å². The second-order valence-electron chi connectivity index (χ2n) is 3.45. The fourth-order valence-corrected chi connectivity index (χ4v) is 1.94. The number of nitrogens with zero attached hydrogens (tertiary/aromatic N) is 1. The zero-order valence-electron chi connectivity index (χ0n) is 8.95. The van der Waals surface area contributed by atoms with Gasteiger partial charge in [-0.3, -0.25) is 4.79 Å². The highest BCUT2D eigenvalue weighted by molar-refractivity contribution is 14.1. The van der Waals surface area contributed by atoms with Gasteiger partial charge in [0.2, 0.25) is 5.95 Å². The average Bonchev–Trinajstić information content (AvgIpc) is 2.32. The monoisotopic (exact) mass is 360 g/mol. The second-order valence-corrected chi connectivity index (χ2v) is 4.61. The molecule has 1 N–H and O–H groups in total. The lowest BCUT2D eigenvalue weighted by Crippen LogP contribution is -2.13. The van der Waals surface area contributed by atoms with E-state index in [2.05, 4.69) is 10.3 Å². The number of halogens is 3. The number of carbonyl (C=O) groups is 1. The molecule has 1 amide bonds. The third kappa shape index (κ3) is 3.00. The minimum Gasteiger partial charge on any atom is -0.321 e. The van der Waals surface area contributed by atoms with Crippen LogP contribution in [0.3, 0.4) is 0 Å². The van der Waals surface area contributed by atoms with Gasteiger partial charge in [0.15, 0.2) is 0 Å². The minimum absolute atomic E-state index is 0.155. The van der Waals surface area contributed by atoms with Crippen molar-refractivity contribution in [2.45, 2.75) is 0 Å². The summed E-state index contributed by atoms with van der Waals surface area (Å²) in [7, 11) is 0. The lowest BCUT2D eigenvalue weighted by atomic mass is 10.2. The predicted molar refractivity (Wildman–Crippen MR) is 71.3 cm³/mol. The number of benzene rings is 1. The van der Waals surface area contributed by atoms with Crippen LogP contribution in [0, 0.1) is 15.3 Å². The van der Waals surface area contributed by atoms with Gasteiger partial charge >= 0.3 is 0 Å². The van der Waals surface area contributed by atoms with Crippen molar-refractivity contribution < 1.29 is 13.6 Å². The number of aromatic nitrogens is 1. The number of carbonyl (C=O) groups excluding carboxylic acids is 1. The number of anilines is 1. The summed E-state index contributed by atoms with van der Waals surface area (Å²) >= 11 is 1.90. The molecule has 0 spiro atoms. The zero-order valence-corrected chi connectivity index (χ0v) is 11.1. The molecule has 0 unspecified atom stereocenters. The molecule has 3 nitrogen and oxygen atoms in total. The van der Waals surface area contributed by atoms with Crippen LogP contribution in [0.15, 0.2) is 36.5 Å². The van der Waals surface area contributed by atoms with Crippen molar-refractivity contribution >= 4 is 34.2 Å². The number of pyridine rings is 1. The van der Waals surface area contributed by atoms with Gasteiger partial charge in [0.25, 0.3) is 5.91 Å². The molecule has 0 fully saturated rings. The highest BCUT2D eigenvalue weighted by Gasteiger charge is 2.09. The first kappa shape index (κ1) is 12.9. The molecule has 0 atom stereocenters. The van der Waals surface area contributed by atoms with Crippen LogP contribution in [0.1, 0.15) is 10.4 Å². The quantitative estimate of drug-likeness (QED) is 0.660. The molecule has 0 radical (unpaired) electrons. The van der Waals surface area contributed by atoms with Gasteiger partial charge in [0.1, 0.15) is 5.82 Å². The Morgan fingerprint density at radius 3 is 2.67 bits per heavy atom. The Hall–Kier alpha value is -1.57. The number of amides is 1. The molecule has 18 heavy (non-hydrogen) atoms. The Balaban J connectivity index is 2.21. The van der Waals surface area contributed by atoms with Crippen LogP contribution in [0.4, 0.5) is 14.5 Å². The van der Waals surface area contributed by atoms with Crippen molar-refractivity contribution in [2.24, 2.45) is 0 Å². The van der Waals surface area contributed by atoms with Crippen LogP contribution < -0.4 is 5.32 Å². The molecule has 0 aliphatic heterocycles. The Morgan fingerprint density at radius 2 is 2.00 bits per heavy atom. The Bertz CT molecular complexity index is 604. The zero-order chi connectivity index (χ0) is 13.1. The molecule has 1 heterocycles. The van der Waals surface area contributed by atoms with Gasteiger partial charge in [-0.2, -0.15) is 4.39 Å². The van der Waals surface area contributed by atoms with Crippen LogP contribution >= 0.6 is 22.6 Å². The summed E-state index contributed by atoms with van der Waals surface area (Å²) < 4.78 is 26.3. The smallest absolute Gasteiger partial charge is 0.255 e. The standard InChI is InChI=1S/C12H7F2IN2O/c13-8-1-2-10(9(15)6-8)17-12(18)7-3-4-16-11(14)5-7/h1-6H,(H,17,18). The van der Waals surface area contributed by atoms with Crippen molar-refractivity contribution in [3.05, 3.63) is 57.4 Å². The summed E-state index contributed by atoms with van der Waals surface area (Å²) in [4.78, 5) is 15.2. The molecule has 0 bridgehead atoms. The van der Waals surface area contributed by atoms with E-state index in [1.54, 1.807) is 0 Å². The van der Waals surface area contributed by atoms with Crippen LogP contribution in [-0.2, 0) is 0 Å². The molecule has 2 aromatic rings. The summed E-state index contributed by atoms with van der Waals surface area (Å²) in [6, 6.07) is 6.42. The minimum atomic E-state index is -0.726. The van der Waals surface area contributed by atoms with Gasteiger partial charge in [-0.25, -0.2) is 9.37 Å². The van der Waals surface area contributed by atoms with E-state index < -0.39 is 11.9 Å². The molecule has 0 aliphatic carbocycles. The predicted octanol–water partition coefficient (Wildman–Crippen LogP) is 3.22. The van der Waals surface area contributed by atoms with Crippen molar-refractivity contribution in [3.63, 3.8) is 0 Å². The van der Waals surface area contributed by atoms with Crippen molar-refractivity contribution in [3.8, 4) is 0 Å². The third-order valence-corrected chi connectivity index (χ3v) is 3.06. The fourth-order valence-electron chi connectivity index (χ4n) is 1.33. The van der Waals surface area contributed by atoms with Gasteiger partial charge in [-0.1, -0.05) is 0 Å². The van der Waals surface area contributed by atoms with E-state index in [0.29, 0.717) is 9.26 Å². The average molecular weight is 360 g/mol. The normalized spacial score (nSPS) is 10.2. The van der Waals surface area contributed by atoms with Gasteiger partial charge in [-0.05, 0) is 46.9 Å². The Labute approximate surface area is 115 Å². The first-order valence-corrected chi connectivity index (χ1v) is 6.02. The van der Waals surface area contributed by atoms with Crippen LogP contribution in [-0.4, -0.2) is 10.9 Å². The van der Waals surface area contributed by atoms with E-state index in [1.165, 1.54) is 30.5 Å². The Kier molecular flexibility index (Phi) is 3.85. The van der Waals surface area contributed by atoms with Crippen molar-refractivity contribution in [1.82, 2.24) is 4.98 Å². The molecular weight excluding hydrogens is 353 g/mol. The third-order valence-electron chi connectivity index (χ3n) is 2.17. The Morgan fingerprint density at radius 1 is 1.22 bits per heavy atom. The lowest BCUT2D eigenvalue weighted by Gasteiger charge is -2.07. The highest BCUT2D eigenvalue weighted by atomic mass is 127. The molecule has 1 aromatic carbocycles. The first-order valence-electron chi connectivity index (χ1n) is 4.94. The molecule has 1 aromatic heterocycles. The van der Waals surface area contributed by atoms with Gasteiger partial charge < -0.3 is 5.32 Å². The summed E-state index contributed by atoms with van der Waals surface area (Å²) in [5.41, 5.74) is 0.627. The largest absolute Gasteiger partial charge is 0.321 e. The second kappa shape index (κ2) is 5.38. The van der Waals surface area contributed by atoms with Gasteiger partial charge in [0, 0.05) is 21.4 Å². The topological polar surface area (TPSA) is 42.0 Å². The fraction of sp³-hybridized carbons (Fsp3) is 0. The summed E-state index contributed by atoms with van der Waals surface area (Å²) in [5, 5.41) is 2.57. The number of nitrogens with one attached hydrogen (secondary N) is 1. The SMILES string of the molecule is O=C(Nc1ccc(F)cc1I)c1ccnc(F)c1. The van der Waals surface area contributed by atoms with E-state index in [4.69, 9.17) is 0 Å². The molecule has 6 heteroatoms.